The third kappa shape index (κ3) is 3.73. The molecule has 0 saturated heterocycles. The summed E-state index contributed by atoms with van der Waals surface area (Å²) >= 11 is 0. The molecule has 0 heterocycles. The number of nitrogens with one attached hydrogen (secondary N) is 1. The number of hydrogen-bond acceptors (Lipinski definition) is 1. The lowest BCUT2D eigenvalue weighted by Crippen LogP contribution is -2.23. The van der Waals surface area contributed by atoms with Gasteiger partial charge in [0.15, 0.2) is 0 Å². The Kier molecular flexibility index (Phi) is 4.57. The van der Waals surface area contributed by atoms with Crippen molar-refractivity contribution < 1.29 is 4.79 Å². The van der Waals surface area contributed by atoms with Crippen molar-refractivity contribution in [2.24, 2.45) is 0 Å². The van der Waals surface area contributed by atoms with E-state index in [1.807, 2.05) is 30.3 Å². The molecule has 1 aliphatic rings. The highest BCUT2D eigenvalue weighted by Crippen LogP contribution is 2.26. The molecule has 0 bridgehead atoms. The van der Waals surface area contributed by atoms with E-state index in [1.54, 1.807) is 0 Å². The second-order valence-electron chi connectivity index (χ2n) is 5.03. The first-order valence-corrected chi connectivity index (χ1v) is 6.74. The molecule has 0 spiro atoms. The van der Waals surface area contributed by atoms with E-state index in [0.29, 0.717) is 13.0 Å². The zero-order valence-electron chi connectivity index (χ0n) is 11.0. The first kappa shape index (κ1) is 12.9. The number of benzene rings is 1. The maximum atomic E-state index is 11.9. The Balaban J connectivity index is 1.82. The molecule has 0 aliphatic heterocycles. The van der Waals surface area contributed by atoms with E-state index in [4.69, 9.17) is 0 Å². The monoisotopic (exact) mass is 243 g/mol. The fourth-order valence-corrected chi connectivity index (χ4v) is 2.41. The summed E-state index contributed by atoms with van der Waals surface area (Å²) in [6, 6.07) is 10.0. The van der Waals surface area contributed by atoms with Crippen LogP contribution in [0.2, 0.25) is 0 Å². The third-order valence-electron chi connectivity index (χ3n) is 3.59. The van der Waals surface area contributed by atoms with Crippen LogP contribution in [0.4, 0.5) is 0 Å². The van der Waals surface area contributed by atoms with Crippen molar-refractivity contribution in [1.29, 1.82) is 0 Å². The molecular weight excluding hydrogens is 222 g/mol. The quantitative estimate of drug-likeness (QED) is 0.805. The summed E-state index contributed by atoms with van der Waals surface area (Å²) in [7, 11) is 0. The molecule has 0 unspecified atom stereocenters. The summed E-state index contributed by atoms with van der Waals surface area (Å²) in [5, 5.41) is 2.99. The van der Waals surface area contributed by atoms with Crippen molar-refractivity contribution in [3.63, 3.8) is 0 Å². The molecule has 1 aliphatic carbocycles. The number of allylic oxidation sites excluding steroid dienone is 1. The van der Waals surface area contributed by atoms with Crippen LogP contribution in [0, 0.1) is 0 Å². The van der Waals surface area contributed by atoms with Crippen LogP contribution < -0.4 is 5.32 Å². The molecule has 0 saturated carbocycles. The normalized spacial score (nSPS) is 15.6. The number of amides is 1. The van der Waals surface area contributed by atoms with Gasteiger partial charge in [-0.25, -0.2) is 0 Å². The Morgan fingerprint density at radius 3 is 2.61 bits per heavy atom. The minimum atomic E-state index is 0.148. The maximum Gasteiger partial charge on any atom is 0.224 e. The molecule has 2 rings (SSSR count). The summed E-state index contributed by atoms with van der Waals surface area (Å²) in [5.41, 5.74) is 3.93. The summed E-state index contributed by atoms with van der Waals surface area (Å²) in [6.45, 7) is 2.80. The van der Waals surface area contributed by atoms with Crippen LogP contribution in [0.25, 0.3) is 0 Å². The fraction of sp³-hybridized carbons (Fsp3) is 0.438. The second kappa shape index (κ2) is 6.39. The van der Waals surface area contributed by atoms with Crippen LogP contribution in [0.3, 0.4) is 0 Å². The van der Waals surface area contributed by atoms with E-state index in [1.165, 1.54) is 30.4 Å². The van der Waals surface area contributed by atoms with Crippen LogP contribution in [0.15, 0.2) is 41.5 Å². The van der Waals surface area contributed by atoms with Crippen LogP contribution >= 0.6 is 0 Å². The Bertz CT molecular complexity index is 434. The molecule has 1 N–H and O–H groups in total. The average molecular weight is 243 g/mol. The molecule has 0 radical (unpaired) electrons. The fourth-order valence-electron chi connectivity index (χ4n) is 2.41. The number of hydrogen-bond donors (Lipinski definition) is 1. The first-order valence-electron chi connectivity index (χ1n) is 6.74. The largest absolute Gasteiger partial charge is 0.352 e. The van der Waals surface area contributed by atoms with Gasteiger partial charge in [-0.05, 0) is 38.2 Å². The molecule has 0 aromatic heterocycles. The molecule has 0 atom stereocenters. The van der Waals surface area contributed by atoms with Crippen molar-refractivity contribution in [1.82, 2.24) is 5.32 Å². The highest BCUT2D eigenvalue weighted by atomic mass is 16.1. The molecule has 96 valence electrons. The summed E-state index contributed by atoms with van der Waals surface area (Å²) < 4.78 is 0. The topological polar surface area (TPSA) is 29.1 Å². The first-order chi connectivity index (χ1) is 8.75. The minimum absolute atomic E-state index is 0.148. The smallest absolute Gasteiger partial charge is 0.224 e. The highest BCUT2D eigenvalue weighted by Gasteiger charge is 2.12. The van der Waals surface area contributed by atoms with Crippen molar-refractivity contribution in [2.45, 2.75) is 45.6 Å². The second-order valence-corrected chi connectivity index (χ2v) is 5.03. The van der Waals surface area contributed by atoms with Crippen LogP contribution in [-0.2, 0) is 11.3 Å². The van der Waals surface area contributed by atoms with Gasteiger partial charge in [0.25, 0.3) is 0 Å². The summed E-state index contributed by atoms with van der Waals surface area (Å²) in [5.74, 6) is 0.148. The Morgan fingerprint density at radius 2 is 1.89 bits per heavy atom. The van der Waals surface area contributed by atoms with Crippen molar-refractivity contribution in [3.05, 3.63) is 47.0 Å². The minimum Gasteiger partial charge on any atom is -0.352 e. The van der Waals surface area contributed by atoms with Gasteiger partial charge in [-0.1, -0.05) is 41.5 Å². The van der Waals surface area contributed by atoms with Gasteiger partial charge in [0.05, 0.1) is 0 Å². The molecule has 0 fully saturated rings. The summed E-state index contributed by atoms with van der Waals surface area (Å²) in [4.78, 5) is 11.9. The van der Waals surface area contributed by atoms with Crippen LogP contribution in [0.5, 0.6) is 0 Å². The standard InChI is InChI=1S/C16H21NO/c1-13-7-5-6-10-15(13)11-16(18)17-12-14-8-3-2-4-9-14/h2-4,8-9H,5-7,10-12H2,1H3,(H,17,18). The molecule has 1 aromatic rings. The molecule has 1 aromatic carbocycles. The van der Waals surface area contributed by atoms with E-state index < -0.39 is 0 Å². The van der Waals surface area contributed by atoms with Crippen molar-refractivity contribution in [2.75, 3.05) is 0 Å². The number of rotatable bonds is 4. The zero-order chi connectivity index (χ0) is 12.8. The number of carbonyl (C=O) groups is 1. The van der Waals surface area contributed by atoms with Crippen molar-refractivity contribution in [3.8, 4) is 0 Å². The lowest BCUT2D eigenvalue weighted by molar-refractivity contribution is -0.120. The zero-order valence-corrected chi connectivity index (χ0v) is 11.0. The Labute approximate surface area is 109 Å². The van der Waals surface area contributed by atoms with Crippen LogP contribution in [0.1, 0.15) is 44.6 Å². The lowest BCUT2D eigenvalue weighted by atomic mass is 9.91. The Hall–Kier alpha value is -1.57. The molecule has 18 heavy (non-hydrogen) atoms. The summed E-state index contributed by atoms with van der Waals surface area (Å²) in [6.07, 6.45) is 5.37. The third-order valence-corrected chi connectivity index (χ3v) is 3.59. The average Bonchev–Trinajstić information content (AvgIpc) is 2.40. The van der Waals surface area contributed by atoms with Gasteiger partial charge in [0, 0.05) is 13.0 Å². The predicted molar refractivity (Wildman–Crippen MR) is 74.1 cm³/mol. The van der Waals surface area contributed by atoms with E-state index in [9.17, 15) is 4.79 Å². The number of carbonyl (C=O) groups excluding carboxylic acids is 1. The highest BCUT2D eigenvalue weighted by molar-refractivity contribution is 5.78. The lowest BCUT2D eigenvalue weighted by Gasteiger charge is -2.17. The van der Waals surface area contributed by atoms with Gasteiger partial charge >= 0.3 is 0 Å². The van der Waals surface area contributed by atoms with E-state index >= 15 is 0 Å². The van der Waals surface area contributed by atoms with Crippen molar-refractivity contribution >= 4 is 5.91 Å². The SMILES string of the molecule is CC1=C(CC(=O)NCc2ccccc2)CCCC1. The molecular formula is C16H21NO. The van der Waals surface area contributed by atoms with Gasteiger partial charge in [-0.2, -0.15) is 0 Å². The molecule has 2 heteroatoms. The van der Waals surface area contributed by atoms with E-state index in [0.717, 1.165) is 12.0 Å². The molecule has 1 amide bonds. The van der Waals surface area contributed by atoms with Gasteiger partial charge < -0.3 is 5.32 Å². The molecule has 2 nitrogen and oxygen atoms in total. The Morgan fingerprint density at radius 1 is 1.17 bits per heavy atom. The van der Waals surface area contributed by atoms with Crippen LogP contribution in [-0.4, -0.2) is 5.91 Å². The van der Waals surface area contributed by atoms with E-state index in [-0.39, 0.29) is 5.91 Å². The van der Waals surface area contributed by atoms with Gasteiger partial charge in [0.2, 0.25) is 5.91 Å². The van der Waals surface area contributed by atoms with E-state index in [2.05, 4.69) is 12.2 Å². The van der Waals surface area contributed by atoms with Gasteiger partial charge in [-0.15, -0.1) is 0 Å². The van der Waals surface area contributed by atoms with Gasteiger partial charge in [0.1, 0.15) is 0 Å². The van der Waals surface area contributed by atoms with Gasteiger partial charge in [-0.3, -0.25) is 4.79 Å². The maximum absolute atomic E-state index is 11.9. The predicted octanol–water partition coefficient (Wildman–Crippen LogP) is 3.58.